The van der Waals surface area contributed by atoms with Gasteiger partial charge in [0.25, 0.3) is 0 Å². The molecule has 0 unspecified atom stereocenters. The van der Waals surface area contributed by atoms with Crippen molar-refractivity contribution in [3.05, 3.63) is 35.9 Å². The largest absolute Gasteiger partial charge is 0.407 e. The Labute approximate surface area is 131 Å². The van der Waals surface area contributed by atoms with E-state index >= 15 is 0 Å². The molecule has 1 aliphatic rings. The molecule has 2 N–H and O–H groups in total. The van der Waals surface area contributed by atoms with Crippen LogP contribution >= 0.6 is 0 Å². The fourth-order valence-electron chi connectivity index (χ4n) is 2.46. The van der Waals surface area contributed by atoms with Crippen molar-refractivity contribution in [1.82, 2.24) is 15.5 Å². The number of carbonyl (C=O) groups excluding carboxylic acids is 2. The van der Waals surface area contributed by atoms with Crippen LogP contribution in [0.3, 0.4) is 0 Å². The third-order valence-electron chi connectivity index (χ3n) is 3.69. The van der Waals surface area contributed by atoms with Crippen molar-refractivity contribution < 1.29 is 22.8 Å². The lowest BCUT2D eigenvalue weighted by Gasteiger charge is -2.22. The maximum Gasteiger partial charge on any atom is 0.407 e. The minimum Gasteiger partial charge on any atom is -0.344 e. The zero-order valence-corrected chi connectivity index (χ0v) is 12.6. The second kappa shape index (κ2) is 6.99. The first-order chi connectivity index (χ1) is 10.8. The number of halogens is 3. The zero-order valence-electron chi connectivity index (χ0n) is 12.6. The first kappa shape index (κ1) is 17.3. The molecular formula is C15H18F3N3O2. The molecule has 1 heterocycles. The third kappa shape index (κ3) is 4.44. The van der Waals surface area contributed by atoms with E-state index in [4.69, 9.17) is 0 Å². The number of amides is 2. The third-order valence-corrected chi connectivity index (χ3v) is 3.69. The molecule has 1 aliphatic heterocycles. The van der Waals surface area contributed by atoms with E-state index in [1.54, 1.807) is 13.1 Å². The fourth-order valence-corrected chi connectivity index (χ4v) is 2.46. The van der Waals surface area contributed by atoms with E-state index < -0.39 is 30.7 Å². The molecule has 2 atom stereocenters. The van der Waals surface area contributed by atoms with Crippen molar-refractivity contribution in [2.24, 2.45) is 0 Å². The summed E-state index contributed by atoms with van der Waals surface area (Å²) >= 11 is 0. The van der Waals surface area contributed by atoms with Gasteiger partial charge < -0.3 is 10.2 Å². The molecule has 5 nitrogen and oxygen atoms in total. The van der Waals surface area contributed by atoms with E-state index in [1.807, 2.05) is 0 Å². The molecule has 1 fully saturated rings. The van der Waals surface area contributed by atoms with Gasteiger partial charge in [0.1, 0.15) is 12.1 Å². The Morgan fingerprint density at radius 1 is 1.35 bits per heavy atom. The van der Waals surface area contributed by atoms with Crippen molar-refractivity contribution in [2.75, 3.05) is 20.1 Å². The number of likely N-dealkylation sites (N-methyl/N-ethyl adjacent to an activating group) is 1. The van der Waals surface area contributed by atoms with Gasteiger partial charge in [-0.25, -0.2) is 0 Å². The Balaban J connectivity index is 1.94. The Bertz CT molecular complexity index is 563. The minimum atomic E-state index is -4.52. The van der Waals surface area contributed by atoms with Gasteiger partial charge in [0.15, 0.2) is 0 Å². The minimum absolute atomic E-state index is 0.0319. The van der Waals surface area contributed by atoms with E-state index in [0.717, 1.165) is 0 Å². The average molecular weight is 329 g/mol. The Hall–Kier alpha value is -2.09. The van der Waals surface area contributed by atoms with Crippen molar-refractivity contribution in [1.29, 1.82) is 0 Å². The van der Waals surface area contributed by atoms with Crippen LogP contribution in [0.15, 0.2) is 30.3 Å². The van der Waals surface area contributed by atoms with Gasteiger partial charge in [-0.1, -0.05) is 30.3 Å². The molecule has 0 aromatic heterocycles. The number of alkyl halides is 3. The molecule has 1 aromatic rings. The van der Waals surface area contributed by atoms with Gasteiger partial charge in [-0.3, -0.25) is 14.9 Å². The number of likely N-dealkylation sites (tertiary alicyclic amines) is 1. The van der Waals surface area contributed by atoms with Gasteiger partial charge in [-0.05, 0) is 12.0 Å². The summed E-state index contributed by atoms with van der Waals surface area (Å²) in [4.78, 5) is 24.9. The first-order valence-electron chi connectivity index (χ1n) is 7.18. The summed E-state index contributed by atoms with van der Waals surface area (Å²) in [6, 6.07) is 4.72. The van der Waals surface area contributed by atoms with E-state index in [-0.39, 0.29) is 11.5 Å². The van der Waals surface area contributed by atoms with Crippen LogP contribution in [0.25, 0.3) is 0 Å². The molecule has 0 radical (unpaired) electrons. The molecule has 8 heteroatoms. The molecule has 2 rings (SSSR count). The molecular weight excluding hydrogens is 311 g/mol. The molecule has 0 bridgehead atoms. The van der Waals surface area contributed by atoms with Crippen LogP contribution in [0.5, 0.6) is 0 Å². The Morgan fingerprint density at radius 2 is 2.00 bits per heavy atom. The summed E-state index contributed by atoms with van der Waals surface area (Å²) in [6.45, 7) is -0.00103. The lowest BCUT2D eigenvalue weighted by molar-refractivity contribution is -0.158. The zero-order chi connectivity index (χ0) is 17.0. The quantitative estimate of drug-likeness (QED) is 0.854. The van der Waals surface area contributed by atoms with E-state index in [2.05, 4.69) is 10.6 Å². The standard InChI is InChI=1S/C15H18F3N3O2/c1-21-8-7-11(14(21)23)20-12(22)9-19-13(15(16,17)18)10-5-3-2-4-6-10/h2-6,11,13,19H,7-9H2,1H3,(H,20,22)/t11-,13+/m0/s1. The summed E-state index contributed by atoms with van der Waals surface area (Å²) < 4.78 is 39.4. The normalized spacial score (nSPS) is 19.7. The number of carbonyl (C=O) groups is 2. The highest BCUT2D eigenvalue weighted by molar-refractivity contribution is 5.89. The number of benzene rings is 1. The second-order valence-corrected chi connectivity index (χ2v) is 5.43. The number of hydrogen-bond donors (Lipinski definition) is 2. The lowest BCUT2D eigenvalue weighted by Crippen LogP contribution is -2.46. The summed E-state index contributed by atoms with van der Waals surface area (Å²) in [5.74, 6) is -0.863. The van der Waals surface area contributed by atoms with E-state index in [1.165, 1.54) is 29.2 Å². The molecule has 0 spiro atoms. The summed E-state index contributed by atoms with van der Waals surface area (Å²) in [5.41, 5.74) is 0.0319. The maximum atomic E-state index is 13.1. The van der Waals surface area contributed by atoms with Crippen LogP contribution in [-0.2, 0) is 9.59 Å². The highest BCUT2D eigenvalue weighted by Crippen LogP contribution is 2.32. The Morgan fingerprint density at radius 3 is 2.52 bits per heavy atom. The van der Waals surface area contributed by atoms with Crippen molar-refractivity contribution in [2.45, 2.75) is 24.7 Å². The van der Waals surface area contributed by atoms with Gasteiger partial charge in [0, 0.05) is 13.6 Å². The summed E-state index contributed by atoms with van der Waals surface area (Å²) in [5, 5.41) is 4.67. The number of nitrogens with zero attached hydrogens (tertiary/aromatic N) is 1. The Kier molecular flexibility index (Phi) is 5.25. The van der Waals surface area contributed by atoms with Crippen molar-refractivity contribution >= 4 is 11.8 Å². The van der Waals surface area contributed by atoms with Gasteiger partial charge >= 0.3 is 6.18 Å². The van der Waals surface area contributed by atoms with Gasteiger partial charge in [0.2, 0.25) is 11.8 Å². The molecule has 1 saturated heterocycles. The topological polar surface area (TPSA) is 61.4 Å². The van der Waals surface area contributed by atoms with E-state index in [9.17, 15) is 22.8 Å². The smallest absolute Gasteiger partial charge is 0.344 e. The van der Waals surface area contributed by atoms with E-state index in [0.29, 0.717) is 13.0 Å². The molecule has 0 saturated carbocycles. The fraction of sp³-hybridized carbons (Fsp3) is 0.467. The molecule has 126 valence electrons. The monoisotopic (exact) mass is 329 g/mol. The molecule has 23 heavy (non-hydrogen) atoms. The van der Waals surface area contributed by atoms with Crippen molar-refractivity contribution in [3.63, 3.8) is 0 Å². The maximum absolute atomic E-state index is 13.1. The SMILES string of the molecule is CN1CC[C@H](NC(=O)CN[C@H](c2ccccc2)C(F)(F)F)C1=O. The number of hydrogen-bond acceptors (Lipinski definition) is 3. The molecule has 2 amide bonds. The summed E-state index contributed by atoms with van der Waals surface area (Å²) in [7, 11) is 1.61. The van der Waals surface area contributed by atoms with Crippen LogP contribution in [0.1, 0.15) is 18.0 Å². The highest BCUT2D eigenvalue weighted by Gasteiger charge is 2.40. The van der Waals surface area contributed by atoms with Crippen molar-refractivity contribution in [3.8, 4) is 0 Å². The lowest BCUT2D eigenvalue weighted by atomic mass is 10.1. The van der Waals surface area contributed by atoms with Gasteiger partial charge in [-0.15, -0.1) is 0 Å². The van der Waals surface area contributed by atoms with Crippen LogP contribution in [-0.4, -0.2) is 49.1 Å². The molecule has 0 aliphatic carbocycles. The highest BCUT2D eigenvalue weighted by atomic mass is 19.4. The second-order valence-electron chi connectivity index (χ2n) is 5.43. The van der Waals surface area contributed by atoms with Crippen LogP contribution in [0.2, 0.25) is 0 Å². The summed E-state index contributed by atoms with van der Waals surface area (Å²) in [6.07, 6.45) is -4.06. The van der Waals surface area contributed by atoms with Crippen LogP contribution in [0.4, 0.5) is 13.2 Å². The first-order valence-corrected chi connectivity index (χ1v) is 7.18. The molecule has 1 aromatic carbocycles. The number of rotatable bonds is 5. The van der Waals surface area contributed by atoms with Crippen LogP contribution < -0.4 is 10.6 Å². The predicted octanol–water partition coefficient (Wildman–Crippen LogP) is 1.23. The van der Waals surface area contributed by atoms with Crippen LogP contribution in [0, 0.1) is 0 Å². The predicted molar refractivity (Wildman–Crippen MR) is 77.4 cm³/mol. The van der Waals surface area contributed by atoms with Gasteiger partial charge in [0.05, 0.1) is 6.54 Å². The van der Waals surface area contributed by atoms with Gasteiger partial charge in [-0.2, -0.15) is 13.2 Å². The average Bonchev–Trinajstić information content (AvgIpc) is 2.79. The number of nitrogens with one attached hydrogen (secondary N) is 2.